The summed E-state index contributed by atoms with van der Waals surface area (Å²) in [6.45, 7) is 1.32. The molecule has 0 aliphatic carbocycles. The maximum Gasteiger partial charge on any atom is 0.354 e. The third-order valence-corrected chi connectivity index (χ3v) is 5.16. The predicted octanol–water partition coefficient (Wildman–Crippen LogP) is 0.0134. The minimum absolute atomic E-state index is 0.0290. The van der Waals surface area contributed by atoms with Crippen LogP contribution in [0.3, 0.4) is 0 Å². The number of esters is 1. The number of rotatable bonds is 6. The van der Waals surface area contributed by atoms with E-state index in [0.29, 0.717) is 5.56 Å². The number of benzene rings is 1. The van der Waals surface area contributed by atoms with Gasteiger partial charge in [-0.3, -0.25) is 4.79 Å². The molecule has 0 saturated heterocycles. The first-order chi connectivity index (χ1) is 11.8. The van der Waals surface area contributed by atoms with Crippen molar-refractivity contribution in [2.24, 2.45) is 5.73 Å². The summed E-state index contributed by atoms with van der Waals surface area (Å²) < 4.78 is 32.5. The number of methoxy groups -OCH3 is 1. The summed E-state index contributed by atoms with van der Waals surface area (Å²) in [5.41, 5.74) is 5.83. The normalized spacial score (nSPS) is 17.1. The van der Waals surface area contributed by atoms with E-state index in [9.17, 15) is 18.0 Å². The Labute approximate surface area is 146 Å². The second-order valence-corrected chi connectivity index (χ2v) is 7.04. The molecule has 1 aliphatic heterocycles. The average molecular weight is 365 g/mol. The van der Waals surface area contributed by atoms with Gasteiger partial charge in [-0.05, 0) is 30.7 Å². The molecule has 0 radical (unpaired) electrons. The quantitative estimate of drug-likeness (QED) is 0.686. The molecule has 1 heterocycles. The van der Waals surface area contributed by atoms with Crippen LogP contribution in [0.15, 0.2) is 53.1 Å². The second kappa shape index (κ2) is 7.49. The van der Waals surface area contributed by atoms with Gasteiger partial charge in [0.15, 0.2) is 0 Å². The molecular weight excluding hydrogens is 346 g/mol. The molecule has 0 aromatic heterocycles. The molecule has 1 aromatic carbocycles. The molecule has 2 rings (SSSR count). The van der Waals surface area contributed by atoms with Crippen molar-refractivity contribution in [3.8, 4) is 0 Å². The Morgan fingerprint density at radius 2 is 2.00 bits per heavy atom. The molecule has 1 aliphatic rings. The molecule has 8 nitrogen and oxygen atoms in total. The summed E-state index contributed by atoms with van der Waals surface area (Å²) in [7, 11) is -2.70. The van der Waals surface area contributed by atoms with Crippen LogP contribution in [0.25, 0.3) is 0 Å². The number of sulfonamides is 1. The van der Waals surface area contributed by atoms with E-state index in [0.717, 1.165) is 0 Å². The third-order valence-electron chi connectivity index (χ3n) is 3.57. The number of carbonyl (C=O) groups is 2. The number of nitrogens with one attached hydrogen (secondary N) is 1. The van der Waals surface area contributed by atoms with Gasteiger partial charge in [0.2, 0.25) is 15.9 Å². The summed E-state index contributed by atoms with van der Waals surface area (Å²) in [5.74, 6) is -1.42. The minimum atomic E-state index is -3.89. The number of aryl methyl sites for hydroxylation is 1. The van der Waals surface area contributed by atoms with Gasteiger partial charge in [0, 0.05) is 0 Å². The largest absolute Gasteiger partial charge is 0.464 e. The van der Waals surface area contributed by atoms with Crippen molar-refractivity contribution in [2.45, 2.75) is 18.0 Å². The van der Waals surface area contributed by atoms with E-state index in [4.69, 9.17) is 5.73 Å². The van der Waals surface area contributed by atoms with Crippen LogP contribution in [0.1, 0.15) is 5.56 Å². The smallest absolute Gasteiger partial charge is 0.354 e. The van der Waals surface area contributed by atoms with Crippen LogP contribution >= 0.6 is 0 Å². The number of nitrogens with zero attached hydrogens (tertiary/aromatic N) is 1. The van der Waals surface area contributed by atoms with E-state index in [1.807, 2.05) is 0 Å². The number of nitrogens with two attached hydrogens (primary N) is 1. The van der Waals surface area contributed by atoms with E-state index >= 15 is 0 Å². The van der Waals surface area contributed by atoms with Gasteiger partial charge in [0.25, 0.3) is 0 Å². The first-order valence-corrected chi connectivity index (χ1v) is 8.84. The zero-order valence-electron chi connectivity index (χ0n) is 13.8. The molecule has 0 saturated carbocycles. The van der Waals surface area contributed by atoms with Crippen molar-refractivity contribution in [3.63, 3.8) is 0 Å². The summed E-state index contributed by atoms with van der Waals surface area (Å²) in [6, 6.07) is 6.48. The van der Waals surface area contributed by atoms with Gasteiger partial charge in [-0.15, -0.1) is 0 Å². The maximum atomic E-state index is 12.7. The summed E-state index contributed by atoms with van der Waals surface area (Å²) in [6.07, 6.45) is 3.48. The van der Waals surface area contributed by atoms with Crippen LogP contribution in [0.4, 0.5) is 0 Å². The van der Waals surface area contributed by atoms with Crippen molar-refractivity contribution < 1.29 is 22.7 Å². The molecule has 3 N–H and O–H groups in total. The molecular formula is C16H19N3O5S. The average Bonchev–Trinajstić information content (AvgIpc) is 2.55. The van der Waals surface area contributed by atoms with Gasteiger partial charge in [-0.1, -0.05) is 24.3 Å². The van der Waals surface area contributed by atoms with Gasteiger partial charge in [-0.2, -0.15) is 4.72 Å². The monoisotopic (exact) mass is 365 g/mol. The lowest BCUT2D eigenvalue weighted by atomic mass is 10.2. The van der Waals surface area contributed by atoms with Crippen molar-refractivity contribution in [1.29, 1.82) is 0 Å². The molecule has 0 fully saturated rings. The highest BCUT2D eigenvalue weighted by Gasteiger charge is 2.31. The SMILES string of the molecule is COC(=O)C1=CC=CC(NS(=O)(=O)c2ccccc2C)N1CC(N)=O. The Balaban J connectivity index is 2.35. The molecule has 9 heteroatoms. The Bertz CT molecular complexity index is 845. The lowest BCUT2D eigenvalue weighted by Gasteiger charge is -2.33. The number of allylic oxidation sites excluding steroid dienone is 2. The highest BCUT2D eigenvalue weighted by molar-refractivity contribution is 7.89. The number of amides is 1. The Kier molecular flexibility index (Phi) is 5.60. The van der Waals surface area contributed by atoms with Crippen LogP contribution in [-0.2, 0) is 24.3 Å². The number of ether oxygens (including phenoxy) is 1. The maximum absolute atomic E-state index is 12.7. The van der Waals surface area contributed by atoms with E-state index in [1.54, 1.807) is 25.1 Å². The lowest BCUT2D eigenvalue weighted by molar-refractivity contribution is -0.138. The fourth-order valence-electron chi connectivity index (χ4n) is 2.43. The van der Waals surface area contributed by atoms with Crippen LogP contribution < -0.4 is 10.5 Å². The highest BCUT2D eigenvalue weighted by Crippen LogP contribution is 2.20. The predicted molar refractivity (Wildman–Crippen MR) is 90.4 cm³/mol. The third kappa shape index (κ3) is 4.25. The Morgan fingerprint density at radius 3 is 2.60 bits per heavy atom. The minimum Gasteiger partial charge on any atom is -0.464 e. The molecule has 1 aromatic rings. The van der Waals surface area contributed by atoms with Crippen LogP contribution in [0, 0.1) is 6.92 Å². The van der Waals surface area contributed by atoms with Crippen LogP contribution in [0.2, 0.25) is 0 Å². The number of hydrogen-bond acceptors (Lipinski definition) is 6. The van der Waals surface area contributed by atoms with Gasteiger partial charge in [0.05, 0.1) is 18.6 Å². The topological polar surface area (TPSA) is 119 Å². The lowest BCUT2D eigenvalue weighted by Crippen LogP contribution is -2.51. The molecule has 0 bridgehead atoms. The van der Waals surface area contributed by atoms with Gasteiger partial charge >= 0.3 is 5.97 Å². The van der Waals surface area contributed by atoms with Gasteiger partial charge in [-0.25, -0.2) is 13.2 Å². The standard InChI is InChI=1S/C16H19N3O5S/c1-11-6-3-4-8-13(11)25(22,23)18-15-9-5-7-12(16(21)24-2)19(15)10-14(17)20/h3-9,15,18H,10H2,1-2H3,(H2,17,20). The second-order valence-electron chi connectivity index (χ2n) is 5.35. The molecule has 0 spiro atoms. The fraction of sp³-hybridized carbons (Fsp3) is 0.250. The zero-order valence-corrected chi connectivity index (χ0v) is 14.6. The van der Waals surface area contributed by atoms with Crippen molar-refractivity contribution in [1.82, 2.24) is 9.62 Å². The molecule has 1 unspecified atom stereocenters. The van der Waals surface area contributed by atoms with Gasteiger partial charge in [0.1, 0.15) is 11.9 Å². The molecule has 1 atom stereocenters. The van der Waals surface area contributed by atoms with E-state index in [1.165, 1.54) is 36.3 Å². The summed E-state index contributed by atoms with van der Waals surface area (Å²) in [5, 5.41) is 0. The van der Waals surface area contributed by atoms with Crippen molar-refractivity contribution >= 4 is 21.9 Å². The van der Waals surface area contributed by atoms with Crippen LogP contribution in [0.5, 0.6) is 0 Å². The van der Waals surface area contributed by atoms with E-state index < -0.39 is 28.1 Å². The molecule has 1 amide bonds. The first-order valence-electron chi connectivity index (χ1n) is 7.36. The highest BCUT2D eigenvalue weighted by atomic mass is 32.2. The number of carbonyl (C=O) groups excluding carboxylic acids is 2. The van der Waals surface area contributed by atoms with Crippen molar-refractivity contribution in [3.05, 3.63) is 53.8 Å². The number of primary amides is 1. The van der Waals surface area contributed by atoms with E-state index in [-0.39, 0.29) is 17.1 Å². The van der Waals surface area contributed by atoms with Crippen LogP contribution in [-0.4, -0.2) is 45.0 Å². The van der Waals surface area contributed by atoms with E-state index in [2.05, 4.69) is 9.46 Å². The molecule has 25 heavy (non-hydrogen) atoms. The Hall–Kier alpha value is -2.65. The molecule has 134 valence electrons. The zero-order chi connectivity index (χ0) is 18.6. The number of hydrogen-bond donors (Lipinski definition) is 2. The van der Waals surface area contributed by atoms with Gasteiger partial charge < -0.3 is 15.4 Å². The summed E-state index contributed by atoms with van der Waals surface area (Å²) in [4.78, 5) is 24.6. The fourth-order valence-corrected chi connectivity index (χ4v) is 3.83. The van der Waals surface area contributed by atoms with Crippen molar-refractivity contribution in [2.75, 3.05) is 13.7 Å². The first kappa shape index (κ1) is 18.7. The Morgan fingerprint density at radius 1 is 1.32 bits per heavy atom. The summed E-state index contributed by atoms with van der Waals surface area (Å²) >= 11 is 0.